The van der Waals surface area contributed by atoms with Crippen LogP contribution in [-0.2, 0) is 6.54 Å². The Morgan fingerprint density at radius 2 is 2.00 bits per heavy atom. The number of nitrogens with one attached hydrogen (secondary N) is 1. The highest BCUT2D eigenvalue weighted by molar-refractivity contribution is 6.42. The van der Waals surface area contributed by atoms with Crippen LogP contribution in [0.4, 0.5) is 0 Å². The highest BCUT2D eigenvalue weighted by atomic mass is 35.5. The van der Waals surface area contributed by atoms with Gasteiger partial charge in [-0.2, -0.15) is 0 Å². The third-order valence-electron chi connectivity index (χ3n) is 4.01. The van der Waals surface area contributed by atoms with Crippen molar-refractivity contribution in [2.45, 2.75) is 44.8 Å². The van der Waals surface area contributed by atoms with Crippen LogP contribution in [0.3, 0.4) is 0 Å². The topological polar surface area (TPSA) is 32.3 Å². The van der Waals surface area contributed by atoms with Crippen molar-refractivity contribution in [1.29, 1.82) is 0 Å². The number of rotatable bonds is 4. The normalized spacial score (nSPS) is 27.5. The molecule has 0 atom stereocenters. The van der Waals surface area contributed by atoms with Gasteiger partial charge < -0.3 is 10.4 Å². The molecule has 0 saturated heterocycles. The van der Waals surface area contributed by atoms with Gasteiger partial charge in [0.05, 0.1) is 15.6 Å². The largest absolute Gasteiger partial charge is 0.389 e. The van der Waals surface area contributed by atoms with E-state index in [-0.39, 0.29) is 0 Å². The number of hydrogen-bond donors (Lipinski definition) is 2. The molecule has 0 heterocycles. The van der Waals surface area contributed by atoms with Crippen LogP contribution in [0.1, 0.15) is 38.2 Å². The number of aliphatic hydroxyl groups is 1. The summed E-state index contributed by atoms with van der Waals surface area (Å²) in [4.78, 5) is 0. The second-order valence-electron chi connectivity index (χ2n) is 5.72. The van der Waals surface area contributed by atoms with Crippen molar-refractivity contribution in [2.24, 2.45) is 5.92 Å². The van der Waals surface area contributed by atoms with Crippen LogP contribution in [0.15, 0.2) is 18.2 Å². The Bertz CT molecular complexity index is 428. The second-order valence-corrected chi connectivity index (χ2v) is 6.51. The minimum Gasteiger partial charge on any atom is -0.389 e. The zero-order valence-corrected chi connectivity index (χ0v) is 12.8. The average Bonchev–Trinajstić information content (AvgIpc) is 2.39. The zero-order chi connectivity index (χ0) is 13.9. The molecule has 106 valence electrons. The molecule has 0 unspecified atom stereocenters. The van der Waals surface area contributed by atoms with E-state index in [4.69, 9.17) is 23.2 Å². The van der Waals surface area contributed by atoms with Crippen LogP contribution >= 0.6 is 23.2 Å². The summed E-state index contributed by atoms with van der Waals surface area (Å²) in [5.41, 5.74) is 0.416. The molecule has 4 heteroatoms. The van der Waals surface area contributed by atoms with Gasteiger partial charge >= 0.3 is 0 Å². The Kier molecular flexibility index (Phi) is 5.13. The lowest BCUT2D eigenvalue weighted by atomic mass is 9.79. The Labute approximate surface area is 125 Å². The highest BCUT2D eigenvalue weighted by Crippen LogP contribution is 2.31. The summed E-state index contributed by atoms with van der Waals surface area (Å²) in [5, 5.41) is 14.9. The maximum Gasteiger partial charge on any atom is 0.0771 e. The van der Waals surface area contributed by atoms with E-state index in [0.717, 1.165) is 37.2 Å². The Balaban J connectivity index is 1.85. The van der Waals surface area contributed by atoms with Gasteiger partial charge in [-0.05, 0) is 43.2 Å². The van der Waals surface area contributed by atoms with E-state index in [9.17, 15) is 5.11 Å². The van der Waals surface area contributed by atoms with Crippen LogP contribution < -0.4 is 5.32 Å². The molecule has 2 nitrogen and oxygen atoms in total. The number of hydrogen-bond acceptors (Lipinski definition) is 2. The lowest BCUT2D eigenvalue weighted by Gasteiger charge is -2.35. The molecule has 0 aliphatic heterocycles. The standard InChI is InChI=1S/C15H21Cl2NO/c1-11-5-7-15(19,8-6-11)10-18-9-12-3-2-4-13(16)14(12)17/h2-4,11,18-19H,5-10H2,1H3. The first kappa shape index (κ1) is 15.1. The molecule has 2 N–H and O–H groups in total. The van der Waals surface area contributed by atoms with Crippen LogP contribution in [0.2, 0.25) is 10.0 Å². The maximum absolute atomic E-state index is 10.5. The fourth-order valence-corrected chi connectivity index (χ4v) is 2.98. The Morgan fingerprint density at radius 1 is 1.32 bits per heavy atom. The van der Waals surface area contributed by atoms with E-state index < -0.39 is 5.60 Å². The van der Waals surface area contributed by atoms with Crippen LogP contribution in [0.5, 0.6) is 0 Å². The quantitative estimate of drug-likeness (QED) is 0.880. The first-order valence-corrected chi connectivity index (χ1v) is 7.62. The summed E-state index contributed by atoms with van der Waals surface area (Å²) in [6.07, 6.45) is 3.97. The average molecular weight is 302 g/mol. The summed E-state index contributed by atoms with van der Waals surface area (Å²) in [7, 11) is 0. The Morgan fingerprint density at radius 3 is 2.68 bits per heavy atom. The molecule has 1 fully saturated rings. The van der Waals surface area contributed by atoms with Crippen LogP contribution in [-0.4, -0.2) is 17.3 Å². The van der Waals surface area contributed by atoms with Gasteiger partial charge in [-0.3, -0.25) is 0 Å². The van der Waals surface area contributed by atoms with E-state index in [1.54, 1.807) is 6.07 Å². The molecule has 1 aliphatic rings. The lowest BCUT2D eigenvalue weighted by molar-refractivity contribution is -0.00630. The van der Waals surface area contributed by atoms with E-state index in [1.165, 1.54) is 0 Å². The first-order chi connectivity index (χ1) is 9.00. The van der Waals surface area contributed by atoms with Gasteiger partial charge in [-0.15, -0.1) is 0 Å². The van der Waals surface area contributed by atoms with Crippen molar-refractivity contribution < 1.29 is 5.11 Å². The minimum absolute atomic E-state index is 0.558. The van der Waals surface area contributed by atoms with Crippen molar-refractivity contribution in [3.05, 3.63) is 33.8 Å². The van der Waals surface area contributed by atoms with E-state index in [2.05, 4.69) is 12.2 Å². The van der Waals surface area contributed by atoms with Crippen molar-refractivity contribution >= 4 is 23.2 Å². The molecule has 1 aliphatic carbocycles. The molecule has 19 heavy (non-hydrogen) atoms. The monoisotopic (exact) mass is 301 g/mol. The molecule has 1 saturated carbocycles. The van der Waals surface area contributed by atoms with Crippen molar-refractivity contribution in [1.82, 2.24) is 5.32 Å². The summed E-state index contributed by atoms with van der Waals surface area (Å²) >= 11 is 12.1. The van der Waals surface area contributed by atoms with Gasteiger partial charge in [0.2, 0.25) is 0 Å². The number of benzene rings is 1. The van der Waals surface area contributed by atoms with E-state index >= 15 is 0 Å². The molecule has 0 bridgehead atoms. The van der Waals surface area contributed by atoms with E-state index in [0.29, 0.717) is 23.1 Å². The molecule has 0 aromatic heterocycles. The summed E-state index contributed by atoms with van der Waals surface area (Å²) < 4.78 is 0. The third-order valence-corrected chi connectivity index (χ3v) is 4.86. The zero-order valence-electron chi connectivity index (χ0n) is 11.3. The predicted octanol–water partition coefficient (Wildman–Crippen LogP) is 4.02. The summed E-state index contributed by atoms with van der Waals surface area (Å²) in [6.45, 7) is 3.50. The molecule has 2 rings (SSSR count). The van der Waals surface area contributed by atoms with Crippen LogP contribution in [0.25, 0.3) is 0 Å². The van der Waals surface area contributed by atoms with Gasteiger partial charge in [0, 0.05) is 13.1 Å². The van der Waals surface area contributed by atoms with Crippen molar-refractivity contribution in [3.8, 4) is 0 Å². The van der Waals surface area contributed by atoms with Gasteiger partial charge in [0.1, 0.15) is 0 Å². The van der Waals surface area contributed by atoms with Crippen molar-refractivity contribution in [3.63, 3.8) is 0 Å². The summed E-state index contributed by atoms with van der Waals surface area (Å²) in [6, 6.07) is 5.62. The lowest BCUT2D eigenvalue weighted by Crippen LogP contribution is -2.43. The molecule has 0 radical (unpaired) electrons. The fourth-order valence-electron chi connectivity index (χ4n) is 2.59. The maximum atomic E-state index is 10.5. The van der Waals surface area contributed by atoms with Gasteiger partial charge in [0.25, 0.3) is 0 Å². The van der Waals surface area contributed by atoms with Gasteiger partial charge in [-0.1, -0.05) is 42.3 Å². The SMILES string of the molecule is CC1CCC(O)(CNCc2cccc(Cl)c2Cl)CC1. The van der Waals surface area contributed by atoms with Gasteiger partial charge in [-0.25, -0.2) is 0 Å². The van der Waals surface area contributed by atoms with Crippen LogP contribution in [0, 0.1) is 5.92 Å². The minimum atomic E-state index is -0.558. The smallest absolute Gasteiger partial charge is 0.0771 e. The molecule has 0 spiro atoms. The van der Waals surface area contributed by atoms with Gasteiger partial charge in [0.15, 0.2) is 0 Å². The molecule has 1 aromatic carbocycles. The van der Waals surface area contributed by atoms with E-state index in [1.807, 2.05) is 12.1 Å². The molecule has 1 aromatic rings. The second kappa shape index (κ2) is 6.45. The summed E-state index contributed by atoms with van der Waals surface area (Å²) in [5.74, 6) is 0.739. The third kappa shape index (κ3) is 4.09. The first-order valence-electron chi connectivity index (χ1n) is 6.86. The fraction of sp³-hybridized carbons (Fsp3) is 0.600. The molecular weight excluding hydrogens is 281 g/mol. The predicted molar refractivity (Wildman–Crippen MR) is 80.8 cm³/mol. The Hall–Kier alpha value is -0.280. The molecule has 0 amide bonds. The number of halogens is 2. The molecular formula is C15H21Cl2NO. The van der Waals surface area contributed by atoms with Crippen molar-refractivity contribution in [2.75, 3.05) is 6.54 Å². The highest BCUT2D eigenvalue weighted by Gasteiger charge is 2.31.